The Kier molecular flexibility index (Phi) is 7.10. The molecule has 0 amide bonds. The Morgan fingerprint density at radius 3 is 1.55 bits per heavy atom. The zero-order chi connectivity index (χ0) is 9.44. The van der Waals surface area contributed by atoms with E-state index in [1.54, 1.807) is 0 Å². The second-order valence-electron chi connectivity index (χ2n) is 1.54. The molecule has 0 aromatic carbocycles. The molecule has 0 atom stereocenters. The van der Waals surface area contributed by atoms with E-state index in [1.807, 2.05) is 0 Å². The maximum atomic E-state index is 9.60. The number of carboxylic acids is 2. The average Bonchev–Trinajstić information content (AvgIpc) is 1.89. The highest BCUT2D eigenvalue weighted by atomic mass is 16.4. The van der Waals surface area contributed by atoms with Crippen LogP contribution in [0.3, 0.4) is 0 Å². The van der Waals surface area contributed by atoms with Crippen molar-refractivity contribution in [3.8, 4) is 0 Å². The van der Waals surface area contributed by atoms with Gasteiger partial charge in [0.05, 0.1) is 0 Å². The van der Waals surface area contributed by atoms with Crippen molar-refractivity contribution < 1.29 is 24.6 Å². The summed E-state index contributed by atoms with van der Waals surface area (Å²) >= 11 is 0. The van der Waals surface area contributed by atoms with Crippen molar-refractivity contribution in [1.29, 1.82) is 0 Å². The van der Waals surface area contributed by atoms with Gasteiger partial charge in [-0.25, -0.2) is 9.59 Å². The quantitative estimate of drug-likeness (QED) is 0.335. The van der Waals surface area contributed by atoms with Crippen molar-refractivity contribution in [2.24, 2.45) is 0 Å². The van der Waals surface area contributed by atoms with Crippen LogP contribution < -0.4 is 0 Å². The second-order valence-corrected chi connectivity index (χ2v) is 1.54. The van der Waals surface area contributed by atoms with Crippen LogP contribution in [0.15, 0.2) is 12.2 Å². The zero-order valence-corrected chi connectivity index (χ0v) is 5.90. The van der Waals surface area contributed by atoms with Gasteiger partial charge >= 0.3 is 11.9 Å². The normalized spacial score (nSPS) is 7.00. The molecular formula is C6H8O5. The summed E-state index contributed by atoms with van der Waals surface area (Å²) in [6.07, 6.45) is -0.167. The van der Waals surface area contributed by atoms with Gasteiger partial charge < -0.3 is 10.2 Å². The van der Waals surface area contributed by atoms with Crippen LogP contribution in [0.25, 0.3) is 0 Å². The molecule has 0 unspecified atom stereocenters. The van der Waals surface area contributed by atoms with Crippen LogP contribution in [-0.2, 0) is 14.4 Å². The minimum Gasteiger partial charge on any atom is -0.478 e. The van der Waals surface area contributed by atoms with Gasteiger partial charge in [-0.05, 0) is 6.92 Å². The van der Waals surface area contributed by atoms with Gasteiger partial charge in [0.2, 0.25) is 6.29 Å². The summed E-state index contributed by atoms with van der Waals surface area (Å²) in [4.78, 5) is 27.5. The first-order chi connectivity index (χ1) is 4.91. The van der Waals surface area contributed by atoms with Gasteiger partial charge in [-0.3, -0.25) is 4.79 Å². The molecule has 5 heteroatoms. The van der Waals surface area contributed by atoms with Gasteiger partial charge in [0.1, 0.15) is 0 Å². The summed E-state index contributed by atoms with van der Waals surface area (Å²) in [5.41, 5.74) is 0.176. The second kappa shape index (κ2) is 6.47. The molecule has 0 radical (unpaired) electrons. The van der Waals surface area contributed by atoms with Gasteiger partial charge in [-0.1, -0.05) is 6.58 Å². The lowest BCUT2D eigenvalue weighted by atomic mass is 10.4. The molecule has 0 aliphatic rings. The molecule has 0 fully saturated rings. The highest BCUT2D eigenvalue weighted by Crippen LogP contribution is 1.81. The molecule has 0 rings (SSSR count). The standard InChI is InChI=1S/C4H6O2.C2H2O3/c1-3(2)4(5)6;3-1-2(4)5/h1H2,2H3,(H,5,6);1H,(H,4,5). The lowest BCUT2D eigenvalue weighted by Gasteiger charge is -1.79. The van der Waals surface area contributed by atoms with E-state index >= 15 is 0 Å². The molecule has 62 valence electrons. The molecule has 0 aliphatic carbocycles. The Labute approximate surface area is 63.0 Å². The number of carbonyl (C=O) groups is 3. The Morgan fingerprint density at radius 2 is 1.55 bits per heavy atom. The fraction of sp³-hybridized carbons (Fsp3) is 0.167. The first-order valence-corrected chi connectivity index (χ1v) is 2.48. The Morgan fingerprint density at radius 1 is 1.36 bits per heavy atom. The lowest BCUT2D eigenvalue weighted by molar-refractivity contribution is -0.143. The fourth-order valence-electron chi connectivity index (χ4n) is 0. The number of carbonyl (C=O) groups excluding carboxylic acids is 1. The van der Waals surface area contributed by atoms with E-state index in [1.165, 1.54) is 6.92 Å². The average molecular weight is 160 g/mol. The third-order valence-electron chi connectivity index (χ3n) is 0.466. The number of carboxylic acid groups (broad SMARTS) is 2. The molecule has 0 aliphatic heterocycles. The molecule has 0 saturated carbocycles. The molecule has 0 aromatic rings. The van der Waals surface area contributed by atoms with Crippen molar-refractivity contribution in [2.45, 2.75) is 6.92 Å². The van der Waals surface area contributed by atoms with Crippen molar-refractivity contribution in [2.75, 3.05) is 0 Å². The third kappa shape index (κ3) is 17.8. The van der Waals surface area contributed by atoms with Crippen LogP contribution in [0.4, 0.5) is 0 Å². The predicted molar refractivity (Wildman–Crippen MR) is 36.1 cm³/mol. The maximum absolute atomic E-state index is 9.60. The largest absolute Gasteiger partial charge is 0.478 e. The zero-order valence-electron chi connectivity index (χ0n) is 5.90. The van der Waals surface area contributed by atoms with Gasteiger partial charge in [0.15, 0.2) is 0 Å². The van der Waals surface area contributed by atoms with Gasteiger partial charge in [-0.15, -0.1) is 0 Å². The van der Waals surface area contributed by atoms with Crippen LogP contribution in [0.1, 0.15) is 6.92 Å². The summed E-state index contributed by atoms with van der Waals surface area (Å²) in [5, 5.41) is 15.2. The van der Waals surface area contributed by atoms with Crippen molar-refractivity contribution in [1.82, 2.24) is 0 Å². The van der Waals surface area contributed by atoms with E-state index in [2.05, 4.69) is 6.58 Å². The fourth-order valence-corrected chi connectivity index (χ4v) is 0. The van der Waals surface area contributed by atoms with Gasteiger partial charge in [-0.2, -0.15) is 0 Å². The van der Waals surface area contributed by atoms with Crippen LogP contribution >= 0.6 is 0 Å². The minimum atomic E-state index is -1.43. The Balaban J connectivity index is 0. The lowest BCUT2D eigenvalue weighted by Crippen LogP contribution is -1.92. The monoisotopic (exact) mass is 160 g/mol. The molecule has 2 N–H and O–H groups in total. The number of hydrogen-bond acceptors (Lipinski definition) is 3. The van der Waals surface area contributed by atoms with Crippen LogP contribution in [0, 0.1) is 0 Å². The van der Waals surface area contributed by atoms with E-state index in [0.717, 1.165) is 0 Å². The number of hydrogen-bond donors (Lipinski definition) is 2. The van der Waals surface area contributed by atoms with E-state index in [9.17, 15) is 4.79 Å². The third-order valence-corrected chi connectivity index (χ3v) is 0.466. The molecular weight excluding hydrogens is 152 g/mol. The molecule has 0 spiro atoms. The van der Waals surface area contributed by atoms with E-state index in [-0.39, 0.29) is 11.9 Å². The summed E-state index contributed by atoms with van der Waals surface area (Å²) in [6, 6.07) is 0. The van der Waals surface area contributed by atoms with E-state index in [0.29, 0.717) is 0 Å². The first-order valence-electron chi connectivity index (χ1n) is 2.48. The summed E-state index contributed by atoms with van der Waals surface area (Å²) < 4.78 is 0. The highest BCUT2D eigenvalue weighted by Gasteiger charge is 1.90. The SMILES string of the molecule is C=C(C)C(=O)O.O=CC(=O)O. The highest BCUT2D eigenvalue weighted by molar-refractivity contribution is 6.19. The van der Waals surface area contributed by atoms with Gasteiger partial charge in [0.25, 0.3) is 0 Å². The predicted octanol–water partition coefficient (Wildman–Crippen LogP) is -0.0830. The summed E-state index contributed by atoms with van der Waals surface area (Å²) in [7, 11) is 0. The first kappa shape index (κ1) is 12.1. The smallest absolute Gasteiger partial charge is 0.368 e. The van der Waals surface area contributed by atoms with Crippen LogP contribution in [-0.4, -0.2) is 28.4 Å². The van der Waals surface area contributed by atoms with Crippen molar-refractivity contribution in [3.63, 3.8) is 0 Å². The van der Waals surface area contributed by atoms with Crippen molar-refractivity contribution in [3.05, 3.63) is 12.2 Å². The van der Waals surface area contributed by atoms with Crippen LogP contribution in [0.5, 0.6) is 0 Å². The topological polar surface area (TPSA) is 91.7 Å². The maximum Gasteiger partial charge on any atom is 0.368 e. The van der Waals surface area contributed by atoms with Gasteiger partial charge in [0, 0.05) is 5.57 Å². The van der Waals surface area contributed by atoms with E-state index in [4.69, 9.17) is 19.8 Å². The molecule has 5 nitrogen and oxygen atoms in total. The molecule has 0 aromatic heterocycles. The summed E-state index contributed by atoms with van der Waals surface area (Å²) in [5.74, 6) is -2.36. The Hall–Kier alpha value is -1.65. The number of aliphatic carboxylic acids is 2. The van der Waals surface area contributed by atoms with E-state index < -0.39 is 11.9 Å². The molecule has 0 bridgehead atoms. The number of rotatable bonds is 2. The number of aldehydes is 1. The molecule has 0 saturated heterocycles. The van der Waals surface area contributed by atoms with Crippen molar-refractivity contribution >= 4 is 18.2 Å². The molecule has 11 heavy (non-hydrogen) atoms. The Bertz CT molecular complexity index is 169. The van der Waals surface area contributed by atoms with Crippen LogP contribution in [0.2, 0.25) is 0 Å². The minimum absolute atomic E-state index is 0.167. The summed E-state index contributed by atoms with van der Waals surface area (Å²) in [6.45, 7) is 4.60. The molecule has 0 heterocycles.